The van der Waals surface area contributed by atoms with Crippen molar-refractivity contribution >= 4 is 27.7 Å². The SMILES string of the molecule is COC(=O)c1ccc(-c2cc(Br)cnc2N)cc1O[C@@H](C)c1ccccc1C(F)(F)F. The third-order valence-corrected chi connectivity index (χ3v) is 5.02. The standard InChI is InChI=1S/C22H18BrF3N2O3/c1-12(15-5-3-4-6-18(15)22(24,25)26)31-19-9-13(7-8-16(19)21(29)30-2)17-10-14(23)11-28-20(17)27/h3-12H,1-2H3,(H2,27,28)/t12-/m0/s1. The first kappa shape index (κ1) is 22.6. The number of carbonyl (C=O) groups excluding carboxylic acids is 1. The van der Waals surface area contributed by atoms with Gasteiger partial charge in [-0.3, -0.25) is 0 Å². The highest BCUT2D eigenvalue weighted by atomic mass is 79.9. The Balaban J connectivity index is 2.07. The Morgan fingerprint density at radius 2 is 1.87 bits per heavy atom. The van der Waals surface area contributed by atoms with Crippen molar-refractivity contribution in [3.05, 3.63) is 75.9 Å². The molecule has 1 heterocycles. The van der Waals surface area contributed by atoms with Gasteiger partial charge in [0, 0.05) is 21.8 Å². The number of ether oxygens (including phenoxy) is 2. The van der Waals surface area contributed by atoms with Crippen molar-refractivity contribution in [1.29, 1.82) is 0 Å². The highest BCUT2D eigenvalue weighted by Crippen LogP contribution is 2.38. The Kier molecular flexibility index (Phi) is 6.54. The van der Waals surface area contributed by atoms with Crippen LogP contribution in [0.2, 0.25) is 0 Å². The van der Waals surface area contributed by atoms with Crippen LogP contribution >= 0.6 is 15.9 Å². The van der Waals surface area contributed by atoms with E-state index in [2.05, 4.69) is 20.9 Å². The fourth-order valence-corrected chi connectivity index (χ4v) is 3.44. The second kappa shape index (κ2) is 8.97. The van der Waals surface area contributed by atoms with E-state index in [0.29, 0.717) is 15.6 Å². The molecule has 1 atom stereocenters. The van der Waals surface area contributed by atoms with Gasteiger partial charge >= 0.3 is 12.1 Å². The first-order valence-corrected chi connectivity index (χ1v) is 9.87. The van der Waals surface area contributed by atoms with Gasteiger partial charge in [0.1, 0.15) is 23.2 Å². The molecule has 0 spiro atoms. The molecule has 162 valence electrons. The molecule has 5 nitrogen and oxygen atoms in total. The van der Waals surface area contributed by atoms with Gasteiger partial charge in [-0.1, -0.05) is 24.3 Å². The molecule has 31 heavy (non-hydrogen) atoms. The first-order valence-electron chi connectivity index (χ1n) is 9.08. The molecule has 0 bridgehead atoms. The number of esters is 1. The summed E-state index contributed by atoms with van der Waals surface area (Å²) in [7, 11) is 1.21. The van der Waals surface area contributed by atoms with E-state index in [1.54, 1.807) is 12.1 Å². The predicted octanol–water partition coefficient (Wildman–Crippen LogP) is 6.04. The second-order valence-corrected chi connectivity index (χ2v) is 7.55. The molecule has 2 aromatic carbocycles. The van der Waals surface area contributed by atoms with Crippen molar-refractivity contribution in [1.82, 2.24) is 4.98 Å². The molecule has 0 radical (unpaired) electrons. The number of aromatic nitrogens is 1. The van der Waals surface area contributed by atoms with Crippen LogP contribution in [0.3, 0.4) is 0 Å². The largest absolute Gasteiger partial charge is 0.485 e. The van der Waals surface area contributed by atoms with Crippen molar-refractivity contribution in [2.45, 2.75) is 19.2 Å². The smallest absolute Gasteiger partial charge is 0.416 e. The molecular weight excluding hydrogens is 477 g/mol. The van der Waals surface area contributed by atoms with Crippen LogP contribution in [0.15, 0.2) is 59.2 Å². The van der Waals surface area contributed by atoms with E-state index in [-0.39, 0.29) is 22.7 Å². The van der Waals surface area contributed by atoms with E-state index in [4.69, 9.17) is 15.2 Å². The number of hydrogen-bond donors (Lipinski definition) is 1. The van der Waals surface area contributed by atoms with E-state index in [9.17, 15) is 18.0 Å². The maximum Gasteiger partial charge on any atom is 0.416 e. The van der Waals surface area contributed by atoms with Crippen LogP contribution in [0, 0.1) is 0 Å². The lowest BCUT2D eigenvalue weighted by atomic mass is 10.0. The summed E-state index contributed by atoms with van der Waals surface area (Å²) >= 11 is 3.33. The summed E-state index contributed by atoms with van der Waals surface area (Å²) in [6, 6.07) is 11.5. The number of nitrogen functional groups attached to an aromatic ring is 1. The summed E-state index contributed by atoms with van der Waals surface area (Å²) in [5.74, 6) is -0.373. The van der Waals surface area contributed by atoms with Crippen LogP contribution < -0.4 is 10.5 Å². The zero-order valence-electron chi connectivity index (χ0n) is 16.5. The highest BCUT2D eigenvalue weighted by Gasteiger charge is 2.34. The molecule has 9 heteroatoms. The van der Waals surface area contributed by atoms with Gasteiger partial charge in [0.15, 0.2) is 0 Å². The number of pyridine rings is 1. The number of alkyl halides is 3. The first-order chi connectivity index (χ1) is 14.6. The second-order valence-electron chi connectivity index (χ2n) is 6.63. The van der Waals surface area contributed by atoms with Crippen molar-refractivity contribution in [2.75, 3.05) is 12.8 Å². The predicted molar refractivity (Wildman–Crippen MR) is 114 cm³/mol. The number of carbonyl (C=O) groups is 1. The number of methoxy groups -OCH3 is 1. The molecule has 0 aliphatic heterocycles. The van der Waals surface area contributed by atoms with Gasteiger partial charge in [-0.25, -0.2) is 9.78 Å². The Morgan fingerprint density at radius 1 is 1.16 bits per heavy atom. The average Bonchev–Trinajstić information content (AvgIpc) is 2.74. The highest BCUT2D eigenvalue weighted by molar-refractivity contribution is 9.10. The molecule has 3 rings (SSSR count). The van der Waals surface area contributed by atoms with E-state index in [1.165, 1.54) is 50.6 Å². The summed E-state index contributed by atoms with van der Waals surface area (Å²) in [6.45, 7) is 1.48. The lowest BCUT2D eigenvalue weighted by Crippen LogP contribution is -2.15. The molecule has 0 saturated carbocycles. The van der Waals surface area contributed by atoms with E-state index >= 15 is 0 Å². The topological polar surface area (TPSA) is 74.4 Å². The lowest BCUT2D eigenvalue weighted by Gasteiger charge is -2.21. The number of benzene rings is 2. The third-order valence-electron chi connectivity index (χ3n) is 4.59. The number of halogens is 4. The zero-order chi connectivity index (χ0) is 22.8. The fraction of sp³-hybridized carbons (Fsp3) is 0.182. The minimum Gasteiger partial charge on any atom is -0.485 e. The number of rotatable bonds is 5. The third kappa shape index (κ3) is 4.99. The molecule has 0 aliphatic carbocycles. The van der Waals surface area contributed by atoms with Gasteiger partial charge in [-0.05, 0) is 52.7 Å². The Labute approximate surface area is 185 Å². The molecule has 1 aromatic heterocycles. The van der Waals surface area contributed by atoms with Crippen LogP contribution in [0.5, 0.6) is 5.75 Å². The molecule has 0 unspecified atom stereocenters. The number of nitrogens with zero attached hydrogens (tertiary/aromatic N) is 1. The van der Waals surface area contributed by atoms with E-state index < -0.39 is 23.8 Å². The van der Waals surface area contributed by atoms with Gasteiger partial charge in [-0.15, -0.1) is 0 Å². The van der Waals surface area contributed by atoms with Crippen molar-refractivity contribution < 1.29 is 27.4 Å². The van der Waals surface area contributed by atoms with Gasteiger partial charge in [0.05, 0.1) is 12.7 Å². The minimum atomic E-state index is -4.54. The molecule has 0 fully saturated rings. The number of hydrogen-bond acceptors (Lipinski definition) is 5. The van der Waals surface area contributed by atoms with Gasteiger partial charge in [0.2, 0.25) is 0 Å². The van der Waals surface area contributed by atoms with Crippen molar-refractivity contribution in [3.63, 3.8) is 0 Å². The maximum atomic E-state index is 13.4. The van der Waals surface area contributed by atoms with Crippen LogP contribution in [-0.2, 0) is 10.9 Å². The van der Waals surface area contributed by atoms with Crippen molar-refractivity contribution in [2.24, 2.45) is 0 Å². The maximum absolute atomic E-state index is 13.4. The Bertz CT molecular complexity index is 1120. The summed E-state index contributed by atoms with van der Waals surface area (Å²) in [4.78, 5) is 16.3. The van der Waals surface area contributed by atoms with Crippen LogP contribution in [0.25, 0.3) is 11.1 Å². The molecule has 0 saturated heterocycles. The van der Waals surface area contributed by atoms with Gasteiger partial charge in [-0.2, -0.15) is 13.2 Å². The Morgan fingerprint density at radius 3 is 2.55 bits per heavy atom. The van der Waals surface area contributed by atoms with Crippen LogP contribution in [0.1, 0.15) is 34.5 Å². The summed E-state index contributed by atoms with van der Waals surface area (Å²) < 4.78 is 51.6. The fourth-order valence-electron chi connectivity index (χ4n) is 3.11. The summed E-state index contributed by atoms with van der Waals surface area (Å²) in [6.07, 6.45) is -4.01. The molecule has 3 aromatic rings. The quantitative estimate of drug-likeness (QED) is 0.437. The van der Waals surface area contributed by atoms with Crippen molar-refractivity contribution in [3.8, 4) is 16.9 Å². The molecule has 0 amide bonds. The monoisotopic (exact) mass is 494 g/mol. The van der Waals surface area contributed by atoms with E-state index in [0.717, 1.165) is 6.07 Å². The summed E-state index contributed by atoms with van der Waals surface area (Å²) in [5, 5.41) is 0. The average molecular weight is 495 g/mol. The number of anilines is 1. The molecule has 0 aliphatic rings. The molecular formula is C22H18BrF3N2O3. The van der Waals surface area contributed by atoms with Crippen LogP contribution in [-0.4, -0.2) is 18.1 Å². The number of nitrogens with two attached hydrogens (primary N) is 1. The zero-order valence-corrected chi connectivity index (χ0v) is 18.1. The minimum absolute atomic E-state index is 0.0557. The van der Waals surface area contributed by atoms with Crippen LogP contribution in [0.4, 0.5) is 19.0 Å². The molecule has 2 N–H and O–H groups in total. The van der Waals surface area contributed by atoms with E-state index in [1.807, 2.05) is 0 Å². The van der Waals surface area contributed by atoms with Gasteiger partial charge in [0.25, 0.3) is 0 Å². The van der Waals surface area contributed by atoms with Gasteiger partial charge < -0.3 is 15.2 Å². The summed E-state index contributed by atoms with van der Waals surface area (Å²) in [5.41, 5.74) is 6.32. The Hall–Kier alpha value is -3.07. The normalized spacial score (nSPS) is 12.3. The lowest BCUT2D eigenvalue weighted by molar-refractivity contribution is -0.139.